The van der Waals surface area contributed by atoms with Crippen molar-refractivity contribution in [3.63, 3.8) is 0 Å². The summed E-state index contributed by atoms with van der Waals surface area (Å²) >= 11 is 1.14. The minimum Gasteiger partial charge on any atom is -0.457 e. The topological polar surface area (TPSA) is 54.8 Å². The summed E-state index contributed by atoms with van der Waals surface area (Å²) in [6, 6.07) is 25.9. The van der Waals surface area contributed by atoms with Gasteiger partial charge in [-0.25, -0.2) is 13.8 Å². The number of halogens is 2. The number of rotatable bonds is 6. The Morgan fingerprint density at radius 3 is 2.29 bits per heavy atom. The highest BCUT2D eigenvalue weighted by atomic mass is 32.1. The van der Waals surface area contributed by atoms with Gasteiger partial charge in [0, 0.05) is 5.56 Å². The van der Waals surface area contributed by atoms with Gasteiger partial charge >= 0.3 is 0 Å². The maximum absolute atomic E-state index is 13.7. The Balaban J connectivity index is 1.46. The van der Waals surface area contributed by atoms with Gasteiger partial charge in [-0.05, 0) is 72.3 Å². The van der Waals surface area contributed by atoms with Crippen molar-refractivity contribution in [2.45, 2.75) is 0 Å². The molecule has 0 aliphatic carbocycles. The zero-order valence-corrected chi connectivity index (χ0v) is 19.0. The number of hydrogen-bond acceptors (Lipinski definition) is 5. The molecule has 5 rings (SSSR count). The molecule has 1 aromatic heterocycles. The Bertz CT molecular complexity index is 1500. The molecule has 0 atom stereocenters. The molecule has 4 aromatic carbocycles. The van der Waals surface area contributed by atoms with E-state index in [0.29, 0.717) is 32.8 Å². The third-order valence-electron chi connectivity index (χ3n) is 4.99. The third kappa shape index (κ3) is 5.23. The predicted molar refractivity (Wildman–Crippen MR) is 133 cm³/mol. The molecule has 5 nitrogen and oxygen atoms in total. The van der Waals surface area contributed by atoms with Gasteiger partial charge in [0.05, 0.1) is 16.4 Å². The van der Waals surface area contributed by atoms with Gasteiger partial charge in [0.1, 0.15) is 23.1 Å². The summed E-state index contributed by atoms with van der Waals surface area (Å²) in [6.45, 7) is 0. The van der Waals surface area contributed by atoms with Crippen molar-refractivity contribution in [3.8, 4) is 11.5 Å². The Morgan fingerprint density at radius 2 is 1.54 bits per heavy atom. The number of carbonyl (C=O) groups is 1. The molecule has 35 heavy (non-hydrogen) atoms. The zero-order chi connectivity index (χ0) is 24.2. The highest BCUT2D eigenvalue weighted by Crippen LogP contribution is 2.31. The summed E-state index contributed by atoms with van der Waals surface area (Å²) in [4.78, 5) is 17.9. The molecule has 0 aliphatic rings. The van der Waals surface area contributed by atoms with Gasteiger partial charge in [0.15, 0.2) is 0 Å². The number of nitrogens with zero attached hydrogens (tertiary/aromatic N) is 3. The molecule has 0 fully saturated rings. The first kappa shape index (κ1) is 22.4. The highest BCUT2D eigenvalue weighted by Gasteiger charge is 2.21. The van der Waals surface area contributed by atoms with E-state index in [2.05, 4.69) is 10.1 Å². The summed E-state index contributed by atoms with van der Waals surface area (Å²) < 4.78 is 33.3. The first-order valence-corrected chi connectivity index (χ1v) is 11.4. The summed E-state index contributed by atoms with van der Waals surface area (Å²) in [6.07, 6.45) is 1.44. The average Bonchev–Trinajstić information content (AvgIpc) is 3.29. The normalized spacial score (nSPS) is 11.1. The lowest BCUT2D eigenvalue weighted by molar-refractivity contribution is 0.0988. The van der Waals surface area contributed by atoms with Crippen LogP contribution in [0.3, 0.4) is 0 Å². The number of para-hydroxylation sites is 1. The predicted octanol–water partition coefficient (Wildman–Crippen LogP) is 7.05. The van der Waals surface area contributed by atoms with Gasteiger partial charge in [-0.1, -0.05) is 41.7 Å². The first-order chi connectivity index (χ1) is 17.0. The zero-order valence-electron chi connectivity index (χ0n) is 18.1. The van der Waals surface area contributed by atoms with Crippen LogP contribution < -0.4 is 9.75 Å². The van der Waals surface area contributed by atoms with Gasteiger partial charge in [-0.15, -0.1) is 0 Å². The second-order valence-corrected chi connectivity index (χ2v) is 8.47. The fraction of sp³-hybridized carbons (Fsp3) is 0. The average molecular weight is 486 g/mol. The van der Waals surface area contributed by atoms with Crippen LogP contribution in [0.2, 0.25) is 0 Å². The number of benzene rings is 4. The van der Waals surface area contributed by atoms with Crippen LogP contribution in [0.15, 0.2) is 102 Å². The Morgan fingerprint density at radius 1 is 0.857 bits per heavy atom. The highest BCUT2D eigenvalue weighted by molar-refractivity contribution is 7.22. The van der Waals surface area contributed by atoms with Crippen LogP contribution >= 0.6 is 11.3 Å². The largest absolute Gasteiger partial charge is 0.457 e. The molecular formula is C27H17F2N3O2S. The second kappa shape index (κ2) is 9.82. The molecule has 5 aromatic rings. The van der Waals surface area contributed by atoms with E-state index >= 15 is 0 Å². The first-order valence-electron chi connectivity index (χ1n) is 10.6. The monoisotopic (exact) mass is 485 g/mol. The van der Waals surface area contributed by atoms with E-state index in [1.165, 1.54) is 30.5 Å². The summed E-state index contributed by atoms with van der Waals surface area (Å²) in [7, 11) is 0. The number of ether oxygens (including phenoxy) is 1. The molecule has 0 radical (unpaired) electrons. The van der Waals surface area contributed by atoms with Crippen LogP contribution in [0.25, 0.3) is 10.2 Å². The van der Waals surface area contributed by atoms with Crippen LogP contribution in [-0.2, 0) is 0 Å². The van der Waals surface area contributed by atoms with Crippen molar-refractivity contribution >= 4 is 38.8 Å². The van der Waals surface area contributed by atoms with Crippen LogP contribution in [0.1, 0.15) is 15.9 Å². The van der Waals surface area contributed by atoms with Crippen LogP contribution in [0, 0.1) is 11.6 Å². The molecule has 0 spiro atoms. The summed E-state index contributed by atoms with van der Waals surface area (Å²) in [5, 5.41) is 5.77. The van der Waals surface area contributed by atoms with Crippen LogP contribution in [0.5, 0.6) is 11.5 Å². The van der Waals surface area contributed by atoms with Crippen molar-refractivity contribution in [3.05, 3.63) is 120 Å². The van der Waals surface area contributed by atoms with E-state index in [-0.39, 0.29) is 10.9 Å². The van der Waals surface area contributed by atoms with Crippen LogP contribution in [0.4, 0.5) is 13.9 Å². The Hall–Kier alpha value is -4.43. The van der Waals surface area contributed by atoms with E-state index in [1.807, 2.05) is 30.3 Å². The number of anilines is 1. The minimum atomic E-state index is -0.436. The van der Waals surface area contributed by atoms with Crippen molar-refractivity contribution < 1.29 is 18.3 Å². The molecule has 0 bridgehead atoms. The number of fused-ring (bicyclic) bond motifs is 1. The standard InChI is InChI=1S/C27H17F2N3O2S/c28-20-10-6-18(7-11-20)17-30-32(27-31-24-15-12-21(29)16-25(24)35-27)26(33)19-8-13-23(14-9-19)34-22-4-2-1-3-5-22/h1-17H/b30-17+. The molecule has 0 unspecified atom stereocenters. The number of carbonyl (C=O) groups excluding carboxylic acids is 1. The van der Waals surface area contributed by atoms with Crippen LogP contribution in [-0.4, -0.2) is 17.1 Å². The van der Waals surface area contributed by atoms with Crippen molar-refractivity contribution in [1.82, 2.24) is 4.98 Å². The molecule has 1 heterocycles. The summed E-state index contributed by atoms with van der Waals surface area (Å²) in [5.41, 5.74) is 1.50. The molecular weight excluding hydrogens is 468 g/mol. The smallest absolute Gasteiger partial charge is 0.280 e. The lowest BCUT2D eigenvalue weighted by atomic mass is 10.2. The quantitative estimate of drug-likeness (QED) is 0.191. The van der Waals surface area contributed by atoms with Gasteiger partial charge in [-0.2, -0.15) is 10.1 Å². The SMILES string of the molecule is O=C(c1ccc(Oc2ccccc2)cc1)N(/N=C/c1ccc(F)cc1)c1nc2ccc(F)cc2s1. The number of amides is 1. The second-order valence-electron chi connectivity index (χ2n) is 7.46. The summed E-state index contributed by atoms with van der Waals surface area (Å²) in [5.74, 6) is 0.0491. The van der Waals surface area contributed by atoms with E-state index in [9.17, 15) is 13.6 Å². The van der Waals surface area contributed by atoms with Crippen molar-refractivity contribution in [2.75, 3.05) is 5.01 Å². The molecule has 8 heteroatoms. The molecule has 0 aliphatic heterocycles. The molecule has 172 valence electrons. The maximum atomic E-state index is 13.7. The Labute approximate surface area is 203 Å². The fourth-order valence-electron chi connectivity index (χ4n) is 3.25. The van der Waals surface area contributed by atoms with E-state index in [0.717, 1.165) is 16.3 Å². The number of aromatic nitrogens is 1. The maximum Gasteiger partial charge on any atom is 0.280 e. The lowest BCUT2D eigenvalue weighted by Gasteiger charge is -2.14. The third-order valence-corrected chi connectivity index (χ3v) is 5.98. The fourth-order valence-corrected chi connectivity index (χ4v) is 4.20. The minimum absolute atomic E-state index is 0.276. The van der Waals surface area contributed by atoms with Gasteiger partial charge in [-0.3, -0.25) is 4.79 Å². The lowest BCUT2D eigenvalue weighted by Crippen LogP contribution is -2.25. The van der Waals surface area contributed by atoms with E-state index < -0.39 is 11.7 Å². The number of thiazole rings is 1. The molecule has 1 amide bonds. The van der Waals surface area contributed by atoms with Crippen molar-refractivity contribution in [1.29, 1.82) is 0 Å². The van der Waals surface area contributed by atoms with Gasteiger partial charge < -0.3 is 4.74 Å². The molecule has 0 saturated carbocycles. The van der Waals surface area contributed by atoms with Crippen molar-refractivity contribution in [2.24, 2.45) is 5.10 Å². The van der Waals surface area contributed by atoms with Gasteiger partial charge in [0.2, 0.25) is 5.13 Å². The van der Waals surface area contributed by atoms with E-state index in [1.54, 1.807) is 42.5 Å². The molecule has 0 saturated heterocycles. The molecule has 0 N–H and O–H groups in total. The van der Waals surface area contributed by atoms with Gasteiger partial charge in [0.25, 0.3) is 5.91 Å². The number of hydrazone groups is 1. The Kier molecular flexibility index (Phi) is 6.28. The number of hydrogen-bond donors (Lipinski definition) is 0. The van der Waals surface area contributed by atoms with E-state index in [4.69, 9.17) is 4.74 Å².